The average Bonchev–Trinajstić information content (AvgIpc) is 2.59. The molecule has 0 saturated heterocycles. The summed E-state index contributed by atoms with van der Waals surface area (Å²) in [6.07, 6.45) is 2.18. The van der Waals surface area contributed by atoms with Crippen LogP contribution in [0.1, 0.15) is 22.3 Å². The summed E-state index contributed by atoms with van der Waals surface area (Å²) in [4.78, 5) is 0. The van der Waals surface area contributed by atoms with Gasteiger partial charge in [0, 0.05) is 18.4 Å². The first kappa shape index (κ1) is 16.9. The van der Waals surface area contributed by atoms with Crippen molar-refractivity contribution >= 4 is 16.1 Å². The summed E-state index contributed by atoms with van der Waals surface area (Å²) in [6, 6.07) is 15.8. The van der Waals surface area contributed by atoms with Crippen LogP contribution in [0.15, 0.2) is 53.9 Å². The highest BCUT2D eigenvalue weighted by Gasteiger charge is 2.20. The molecule has 0 amide bonds. The van der Waals surface area contributed by atoms with Crippen LogP contribution >= 0.6 is 0 Å². The zero-order valence-corrected chi connectivity index (χ0v) is 14.4. The molecule has 1 atom stereocenters. The summed E-state index contributed by atoms with van der Waals surface area (Å²) in [5, 5.41) is 1.20. The number of ether oxygens (including phenoxy) is 1. The van der Waals surface area contributed by atoms with Gasteiger partial charge in [-0.1, -0.05) is 54.1 Å². The molecular formula is C19H21NO3S. The van der Waals surface area contributed by atoms with E-state index in [0.29, 0.717) is 6.61 Å². The van der Waals surface area contributed by atoms with Gasteiger partial charge in [-0.15, -0.1) is 0 Å². The van der Waals surface area contributed by atoms with Gasteiger partial charge >= 0.3 is 0 Å². The fourth-order valence-electron chi connectivity index (χ4n) is 2.64. The van der Waals surface area contributed by atoms with Crippen LogP contribution in [0.3, 0.4) is 0 Å². The Labute approximate surface area is 143 Å². The van der Waals surface area contributed by atoms with Crippen LogP contribution in [0.25, 0.3) is 6.08 Å². The van der Waals surface area contributed by atoms with Crippen molar-refractivity contribution in [1.82, 2.24) is 4.72 Å². The minimum atomic E-state index is -3.48. The molecule has 2 aromatic rings. The Morgan fingerprint density at radius 1 is 1.12 bits per heavy atom. The summed E-state index contributed by atoms with van der Waals surface area (Å²) < 4.78 is 32.5. The van der Waals surface area contributed by atoms with E-state index in [-0.39, 0.29) is 12.6 Å². The van der Waals surface area contributed by atoms with Crippen LogP contribution in [0, 0.1) is 6.92 Å². The number of fused-ring (bicyclic) bond motifs is 1. The van der Waals surface area contributed by atoms with Gasteiger partial charge in [-0.2, -0.15) is 0 Å². The predicted octanol–water partition coefficient (Wildman–Crippen LogP) is 3.03. The number of aryl methyl sites for hydroxylation is 1. The molecule has 1 heterocycles. The van der Waals surface area contributed by atoms with Crippen molar-refractivity contribution in [3.8, 4) is 0 Å². The molecule has 0 fully saturated rings. The minimum absolute atomic E-state index is 0.137. The van der Waals surface area contributed by atoms with Crippen LogP contribution in [0.4, 0.5) is 0 Å². The molecule has 0 saturated carbocycles. The van der Waals surface area contributed by atoms with Crippen molar-refractivity contribution in [1.29, 1.82) is 0 Å². The van der Waals surface area contributed by atoms with Crippen LogP contribution in [0.2, 0.25) is 0 Å². The van der Waals surface area contributed by atoms with E-state index < -0.39 is 10.0 Å². The molecular weight excluding hydrogens is 322 g/mol. The molecule has 4 nitrogen and oxygen atoms in total. The molecule has 5 heteroatoms. The van der Waals surface area contributed by atoms with E-state index >= 15 is 0 Å². The molecule has 1 aliphatic heterocycles. The van der Waals surface area contributed by atoms with E-state index in [2.05, 4.69) is 10.8 Å². The zero-order chi connectivity index (χ0) is 17.0. The number of hydrogen-bond acceptors (Lipinski definition) is 3. The highest BCUT2D eigenvalue weighted by Crippen LogP contribution is 2.20. The summed E-state index contributed by atoms with van der Waals surface area (Å²) >= 11 is 0. The van der Waals surface area contributed by atoms with Crippen LogP contribution in [0.5, 0.6) is 0 Å². The Balaban J connectivity index is 1.57. The lowest BCUT2D eigenvalue weighted by atomic mass is 9.99. The van der Waals surface area contributed by atoms with Crippen molar-refractivity contribution in [2.75, 3.05) is 6.54 Å². The summed E-state index contributed by atoms with van der Waals surface area (Å²) in [6.45, 7) is 2.80. The van der Waals surface area contributed by atoms with Gasteiger partial charge < -0.3 is 4.74 Å². The predicted molar refractivity (Wildman–Crippen MR) is 95.9 cm³/mol. The van der Waals surface area contributed by atoms with E-state index in [0.717, 1.165) is 17.5 Å². The van der Waals surface area contributed by atoms with Gasteiger partial charge in [0.1, 0.15) is 0 Å². The maximum atomic E-state index is 12.1. The fraction of sp³-hybridized carbons (Fsp3) is 0.263. The molecule has 1 N–H and O–H groups in total. The SMILES string of the molecule is Cc1ccc(/C=C/S(=O)(=O)NCC2Cc3ccccc3CO2)cc1. The fourth-order valence-corrected chi connectivity index (χ4v) is 3.49. The third-order valence-corrected chi connectivity index (χ3v) is 5.13. The molecule has 0 aromatic heterocycles. The molecule has 0 aliphatic carbocycles. The molecule has 3 rings (SSSR count). The number of nitrogens with one attached hydrogen (secondary N) is 1. The maximum absolute atomic E-state index is 12.1. The van der Waals surface area contributed by atoms with Gasteiger partial charge in [0.05, 0.1) is 12.7 Å². The lowest BCUT2D eigenvalue weighted by Gasteiger charge is -2.25. The Bertz CT molecular complexity index is 826. The third kappa shape index (κ3) is 4.54. The minimum Gasteiger partial charge on any atom is -0.372 e. The first-order valence-electron chi connectivity index (χ1n) is 7.95. The van der Waals surface area contributed by atoms with E-state index in [9.17, 15) is 8.42 Å². The second-order valence-corrected chi connectivity index (χ2v) is 7.66. The summed E-state index contributed by atoms with van der Waals surface area (Å²) in [7, 11) is -3.48. The van der Waals surface area contributed by atoms with Crippen LogP contribution in [-0.4, -0.2) is 21.1 Å². The zero-order valence-electron chi connectivity index (χ0n) is 13.6. The highest BCUT2D eigenvalue weighted by molar-refractivity contribution is 7.92. The van der Waals surface area contributed by atoms with Gasteiger partial charge in [0.15, 0.2) is 0 Å². The van der Waals surface area contributed by atoms with E-state index in [4.69, 9.17) is 4.74 Å². The Kier molecular flexibility index (Phi) is 5.14. The highest BCUT2D eigenvalue weighted by atomic mass is 32.2. The first-order valence-corrected chi connectivity index (χ1v) is 9.49. The van der Waals surface area contributed by atoms with Gasteiger partial charge in [0.2, 0.25) is 10.0 Å². The summed E-state index contributed by atoms with van der Waals surface area (Å²) in [5.41, 5.74) is 4.40. The van der Waals surface area contributed by atoms with Crippen molar-refractivity contribution in [2.45, 2.75) is 26.1 Å². The first-order chi connectivity index (χ1) is 11.5. The van der Waals surface area contributed by atoms with Gasteiger partial charge in [0.25, 0.3) is 0 Å². The average molecular weight is 343 g/mol. The van der Waals surface area contributed by atoms with Gasteiger partial charge in [-0.25, -0.2) is 13.1 Å². The number of benzene rings is 2. The maximum Gasteiger partial charge on any atom is 0.233 e. The standard InChI is InChI=1S/C19H21NO3S/c1-15-6-8-16(9-7-15)10-11-24(21,22)20-13-19-12-17-4-2-3-5-18(17)14-23-19/h2-11,19-20H,12-14H2,1H3/b11-10+. The van der Waals surface area contributed by atoms with E-state index in [1.54, 1.807) is 6.08 Å². The number of rotatable bonds is 5. The second kappa shape index (κ2) is 7.30. The van der Waals surface area contributed by atoms with Crippen molar-refractivity contribution in [2.24, 2.45) is 0 Å². The molecule has 0 spiro atoms. The van der Waals surface area contributed by atoms with Crippen molar-refractivity contribution in [3.63, 3.8) is 0 Å². The second-order valence-electron chi connectivity index (χ2n) is 6.01. The topological polar surface area (TPSA) is 55.4 Å². The normalized spacial score (nSPS) is 17.8. The number of sulfonamides is 1. The van der Waals surface area contributed by atoms with Crippen LogP contribution in [-0.2, 0) is 27.8 Å². The Morgan fingerprint density at radius 2 is 1.83 bits per heavy atom. The summed E-state index contributed by atoms with van der Waals surface area (Å²) in [5.74, 6) is 0. The van der Waals surface area contributed by atoms with E-state index in [1.165, 1.54) is 16.5 Å². The van der Waals surface area contributed by atoms with E-state index in [1.807, 2.05) is 49.4 Å². The van der Waals surface area contributed by atoms with Crippen molar-refractivity contribution < 1.29 is 13.2 Å². The monoisotopic (exact) mass is 343 g/mol. The smallest absolute Gasteiger partial charge is 0.233 e. The lowest BCUT2D eigenvalue weighted by molar-refractivity contribution is 0.0323. The third-order valence-electron chi connectivity index (χ3n) is 4.07. The largest absolute Gasteiger partial charge is 0.372 e. The van der Waals surface area contributed by atoms with Gasteiger partial charge in [-0.05, 0) is 29.7 Å². The number of hydrogen-bond donors (Lipinski definition) is 1. The molecule has 126 valence electrons. The molecule has 0 radical (unpaired) electrons. The van der Waals surface area contributed by atoms with Crippen LogP contribution < -0.4 is 4.72 Å². The molecule has 0 bridgehead atoms. The van der Waals surface area contributed by atoms with Gasteiger partial charge in [-0.3, -0.25) is 0 Å². The molecule has 1 aliphatic rings. The molecule has 2 aromatic carbocycles. The molecule has 1 unspecified atom stereocenters. The molecule has 24 heavy (non-hydrogen) atoms. The lowest BCUT2D eigenvalue weighted by Crippen LogP contribution is -2.35. The van der Waals surface area contributed by atoms with Crippen molar-refractivity contribution in [3.05, 3.63) is 76.2 Å². The Morgan fingerprint density at radius 3 is 2.58 bits per heavy atom. The Hall–Kier alpha value is -1.95. The quantitative estimate of drug-likeness (QED) is 0.908.